The fourth-order valence-corrected chi connectivity index (χ4v) is 2.99. The summed E-state index contributed by atoms with van der Waals surface area (Å²) in [6.45, 7) is 6.07. The predicted octanol–water partition coefficient (Wildman–Crippen LogP) is 1.65. The van der Waals surface area contributed by atoms with Crippen LogP contribution in [-0.4, -0.2) is 29.9 Å². The van der Waals surface area contributed by atoms with E-state index in [0.29, 0.717) is 36.1 Å². The van der Waals surface area contributed by atoms with E-state index < -0.39 is 0 Å². The topological polar surface area (TPSA) is 46.3 Å². The molecule has 2 fully saturated rings. The number of fused-ring (bicyclic) bond motifs is 1. The Hall–Kier alpha value is -0.280. The van der Waals surface area contributed by atoms with Crippen molar-refractivity contribution in [1.29, 1.82) is 0 Å². The summed E-state index contributed by atoms with van der Waals surface area (Å²) in [6, 6.07) is 0.340. The standard InChI is InChI=1S/C12H22N2O.ClH/c1-8(2)5-12(15)14-6-9-3-4-11(13)10(9)7-14;/h8-11H,3-7,13H2,1-2H3;1H. The van der Waals surface area contributed by atoms with E-state index in [1.165, 1.54) is 6.42 Å². The highest BCUT2D eigenvalue weighted by Gasteiger charge is 2.42. The van der Waals surface area contributed by atoms with E-state index in [-0.39, 0.29) is 12.4 Å². The number of amides is 1. The first-order valence-electron chi connectivity index (χ1n) is 6.11. The van der Waals surface area contributed by atoms with Gasteiger partial charge < -0.3 is 10.6 Å². The van der Waals surface area contributed by atoms with Gasteiger partial charge in [-0.05, 0) is 30.6 Å². The highest BCUT2D eigenvalue weighted by Crippen LogP contribution is 2.37. The molecule has 0 aromatic carbocycles. The van der Waals surface area contributed by atoms with Crippen LogP contribution in [0.4, 0.5) is 0 Å². The Labute approximate surface area is 104 Å². The highest BCUT2D eigenvalue weighted by atomic mass is 35.5. The Balaban J connectivity index is 0.00000128. The minimum absolute atomic E-state index is 0. The maximum atomic E-state index is 11.9. The lowest BCUT2D eigenvalue weighted by molar-refractivity contribution is -0.131. The summed E-state index contributed by atoms with van der Waals surface area (Å²) in [5.41, 5.74) is 6.05. The van der Waals surface area contributed by atoms with Crippen LogP contribution in [-0.2, 0) is 4.79 Å². The monoisotopic (exact) mass is 246 g/mol. The van der Waals surface area contributed by atoms with Crippen molar-refractivity contribution < 1.29 is 4.79 Å². The lowest BCUT2D eigenvalue weighted by Gasteiger charge is -2.19. The van der Waals surface area contributed by atoms with Gasteiger partial charge in [0.15, 0.2) is 0 Å². The maximum Gasteiger partial charge on any atom is 0.222 e. The molecule has 94 valence electrons. The normalized spacial score (nSPS) is 32.8. The average molecular weight is 247 g/mol. The number of halogens is 1. The summed E-state index contributed by atoms with van der Waals surface area (Å²) in [5, 5.41) is 0. The van der Waals surface area contributed by atoms with Crippen LogP contribution in [0.25, 0.3) is 0 Å². The van der Waals surface area contributed by atoms with Crippen molar-refractivity contribution in [3.05, 3.63) is 0 Å². The number of rotatable bonds is 2. The van der Waals surface area contributed by atoms with Gasteiger partial charge in [0.2, 0.25) is 5.91 Å². The molecule has 1 amide bonds. The lowest BCUT2D eigenvalue weighted by atomic mass is 9.98. The van der Waals surface area contributed by atoms with Crippen LogP contribution in [0.5, 0.6) is 0 Å². The summed E-state index contributed by atoms with van der Waals surface area (Å²) in [6.07, 6.45) is 3.06. The van der Waals surface area contributed by atoms with Gasteiger partial charge in [0, 0.05) is 25.6 Å². The van der Waals surface area contributed by atoms with E-state index in [1.54, 1.807) is 0 Å². The second-order valence-corrected chi connectivity index (χ2v) is 5.56. The third-order valence-electron chi connectivity index (χ3n) is 3.85. The van der Waals surface area contributed by atoms with Crippen molar-refractivity contribution in [1.82, 2.24) is 4.90 Å². The van der Waals surface area contributed by atoms with Crippen molar-refractivity contribution in [2.24, 2.45) is 23.5 Å². The summed E-state index contributed by atoms with van der Waals surface area (Å²) in [4.78, 5) is 13.9. The number of hydrogen-bond acceptors (Lipinski definition) is 2. The molecule has 1 heterocycles. The quantitative estimate of drug-likeness (QED) is 0.806. The van der Waals surface area contributed by atoms with Gasteiger partial charge in [0.1, 0.15) is 0 Å². The Morgan fingerprint density at radius 2 is 2.06 bits per heavy atom. The van der Waals surface area contributed by atoms with Gasteiger partial charge in [-0.25, -0.2) is 0 Å². The van der Waals surface area contributed by atoms with Crippen LogP contribution in [0.1, 0.15) is 33.1 Å². The fourth-order valence-electron chi connectivity index (χ4n) is 2.99. The minimum Gasteiger partial charge on any atom is -0.342 e. The molecule has 0 aromatic rings. The fraction of sp³-hybridized carbons (Fsp3) is 0.917. The number of carbonyl (C=O) groups is 1. The van der Waals surface area contributed by atoms with Crippen molar-refractivity contribution in [2.45, 2.75) is 39.2 Å². The summed E-state index contributed by atoms with van der Waals surface area (Å²) >= 11 is 0. The number of nitrogens with two attached hydrogens (primary N) is 1. The minimum atomic E-state index is 0. The second-order valence-electron chi connectivity index (χ2n) is 5.56. The van der Waals surface area contributed by atoms with E-state index in [2.05, 4.69) is 13.8 Å². The van der Waals surface area contributed by atoms with Gasteiger partial charge in [-0.15, -0.1) is 12.4 Å². The first kappa shape index (κ1) is 13.8. The van der Waals surface area contributed by atoms with Crippen LogP contribution in [0.3, 0.4) is 0 Å². The molecule has 3 atom stereocenters. The number of nitrogens with zero attached hydrogens (tertiary/aromatic N) is 1. The Morgan fingerprint density at radius 1 is 1.38 bits per heavy atom. The molecule has 1 saturated carbocycles. The molecule has 4 heteroatoms. The maximum absolute atomic E-state index is 11.9. The van der Waals surface area contributed by atoms with Gasteiger partial charge in [-0.3, -0.25) is 4.79 Å². The summed E-state index contributed by atoms with van der Waals surface area (Å²) < 4.78 is 0. The van der Waals surface area contributed by atoms with Gasteiger partial charge in [0.25, 0.3) is 0 Å². The zero-order valence-corrected chi connectivity index (χ0v) is 11.0. The predicted molar refractivity (Wildman–Crippen MR) is 67.5 cm³/mol. The second kappa shape index (κ2) is 5.37. The van der Waals surface area contributed by atoms with Crippen LogP contribution in [0.2, 0.25) is 0 Å². The molecule has 1 aliphatic carbocycles. The smallest absolute Gasteiger partial charge is 0.222 e. The van der Waals surface area contributed by atoms with E-state index in [4.69, 9.17) is 5.73 Å². The van der Waals surface area contributed by atoms with Crippen molar-refractivity contribution >= 4 is 18.3 Å². The molecule has 1 aliphatic heterocycles. The van der Waals surface area contributed by atoms with Gasteiger partial charge in [0.05, 0.1) is 0 Å². The number of likely N-dealkylation sites (tertiary alicyclic amines) is 1. The Kier molecular flexibility index (Phi) is 4.62. The molecular weight excluding hydrogens is 224 g/mol. The first-order valence-corrected chi connectivity index (χ1v) is 6.11. The molecule has 16 heavy (non-hydrogen) atoms. The van der Waals surface area contributed by atoms with Gasteiger partial charge in [-0.2, -0.15) is 0 Å². The SMILES string of the molecule is CC(C)CC(=O)N1CC2CCC(N)C2C1.Cl. The molecule has 0 radical (unpaired) electrons. The zero-order valence-electron chi connectivity index (χ0n) is 10.2. The first-order chi connectivity index (χ1) is 7.08. The summed E-state index contributed by atoms with van der Waals surface area (Å²) in [5.74, 6) is 2.07. The molecule has 3 nitrogen and oxygen atoms in total. The van der Waals surface area contributed by atoms with Crippen molar-refractivity contribution in [3.63, 3.8) is 0 Å². The molecular formula is C12H23ClN2O. The van der Waals surface area contributed by atoms with Gasteiger partial charge in [-0.1, -0.05) is 13.8 Å². The molecule has 2 rings (SSSR count). The largest absolute Gasteiger partial charge is 0.342 e. The molecule has 3 unspecified atom stereocenters. The van der Waals surface area contributed by atoms with E-state index in [1.807, 2.05) is 4.90 Å². The average Bonchev–Trinajstić information content (AvgIpc) is 2.67. The lowest BCUT2D eigenvalue weighted by Crippen LogP contribution is -2.33. The Bertz CT molecular complexity index is 257. The van der Waals surface area contributed by atoms with Crippen molar-refractivity contribution in [3.8, 4) is 0 Å². The molecule has 2 N–H and O–H groups in total. The highest BCUT2D eigenvalue weighted by molar-refractivity contribution is 5.85. The van der Waals surface area contributed by atoms with Crippen LogP contribution < -0.4 is 5.73 Å². The Morgan fingerprint density at radius 3 is 2.62 bits per heavy atom. The van der Waals surface area contributed by atoms with E-state index in [9.17, 15) is 4.79 Å². The van der Waals surface area contributed by atoms with Gasteiger partial charge >= 0.3 is 0 Å². The molecule has 0 spiro atoms. The number of carbonyl (C=O) groups excluding carboxylic acids is 1. The van der Waals surface area contributed by atoms with Crippen molar-refractivity contribution in [2.75, 3.05) is 13.1 Å². The van der Waals surface area contributed by atoms with E-state index >= 15 is 0 Å². The number of hydrogen-bond donors (Lipinski definition) is 1. The van der Waals surface area contributed by atoms with Crippen LogP contribution in [0.15, 0.2) is 0 Å². The third kappa shape index (κ3) is 2.69. The molecule has 1 saturated heterocycles. The molecule has 2 aliphatic rings. The van der Waals surface area contributed by atoms with Crippen LogP contribution in [0, 0.1) is 17.8 Å². The van der Waals surface area contributed by atoms with E-state index in [0.717, 1.165) is 19.5 Å². The van der Waals surface area contributed by atoms with Crippen LogP contribution >= 0.6 is 12.4 Å². The molecule has 0 bridgehead atoms. The summed E-state index contributed by atoms with van der Waals surface area (Å²) in [7, 11) is 0. The molecule has 0 aromatic heterocycles. The third-order valence-corrected chi connectivity index (χ3v) is 3.85. The zero-order chi connectivity index (χ0) is 11.0.